The quantitative estimate of drug-likeness (QED) is 0.570. The molecule has 0 radical (unpaired) electrons. The van der Waals surface area contributed by atoms with Crippen LogP contribution in [0.5, 0.6) is 5.75 Å². The summed E-state index contributed by atoms with van der Waals surface area (Å²) in [5, 5.41) is 2.69. The number of hydrogen-bond donors (Lipinski definition) is 1. The standard InChI is InChI=1S/C26H36N4O4S/c1-18-11-23(34-6)12-19(2)26(18)35(33)29(5)17-24(31)27-14-25(32)30-10-9-21-13-20(15-28(3)4)7-8-22(21)16-30/h7-8,11-13H,9-10,14-17H2,1-6H3,(H,27,31). The fourth-order valence-electron chi connectivity index (χ4n) is 4.35. The Labute approximate surface area is 210 Å². The van der Waals surface area contributed by atoms with Gasteiger partial charge in [0.15, 0.2) is 0 Å². The van der Waals surface area contributed by atoms with Crippen LogP contribution in [0, 0.1) is 13.8 Å². The first-order chi connectivity index (χ1) is 16.6. The number of ether oxygens (including phenoxy) is 1. The summed E-state index contributed by atoms with van der Waals surface area (Å²) >= 11 is 0. The molecule has 0 saturated heterocycles. The molecule has 0 saturated carbocycles. The molecule has 9 heteroatoms. The van der Waals surface area contributed by atoms with Gasteiger partial charge in [-0.25, -0.2) is 8.51 Å². The number of amides is 2. The minimum atomic E-state index is -1.51. The summed E-state index contributed by atoms with van der Waals surface area (Å²) in [5.74, 6) is 0.241. The Kier molecular flexibility index (Phi) is 9.04. The molecule has 190 valence electrons. The maximum Gasteiger partial charge on any atom is 0.242 e. The van der Waals surface area contributed by atoms with Gasteiger partial charge in [0, 0.05) is 26.7 Å². The van der Waals surface area contributed by atoms with E-state index in [9.17, 15) is 13.8 Å². The van der Waals surface area contributed by atoms with E-state index in [2.05, 4.69) is 28.4 Å². The van der Waals surface area contributed by atoms with E-state index in [4.69, 9.17) is 4.74 Å². The molecule has 8 nitrogen and oxygen atoms in total. The molecule has 35 heavy (non-hydrogen) atoms. The third-order valence-electron chi connectivity index (χ3n) is 6.06. The Morgan fingerprint density at radius 3 is 2.40 bits per heavy atom. The summed E-state index contributed by atoms with van der Waals surface area (Å²) < 4.78 is 19.8. The lowest BCUT2D eigenvalue weighted by Gasteiger charge is -2.29. The van der Waals surface area contributed by atoms with Gasteiger partial charge < -0.3 is 19.9 Å². The number of hydrogen-bond acceptors (Lipinski definition) is 5. The van der Waals surface area contributed by atoms with Crippen LogP contribution < -0.4 is 10.1 Å². The molecule has 2 aromatic carbocycles. The topological polar surface area (TPSA) is 82.2 Å². The second kappa shape index (κ2) is 11.8. The zero-order valence-corrected chi connectivity index (χ0v) is 22.3. The van der Waals surface area contributed by atoms with Gasteiger partial charge in [0.2, 0.25) is 11.8 Å². The Morgan fingerprint density at radius 2 is 1.77 bits per heavy atom. The number of benzene rings is 2. The van der Waals surface area contributed by atoms with E-state index in [0.29, 0.717) is 23.7 Å². The smallest absolute Gasteiger partial charge is 0.242 e. The predicted molar refractivity (Wildman–Crippen MR) is 137 cm³/mol. The minimum absolute atomic E-state index is 0.0755. The van der Waals surface area contributed by atoms with Crippen molar-refractivity contribution >= 4 is 22.8 Å². The highest BCUT2D eigenvalue weighted by atomic mass is 32.2. The Hall–Kier alpha value is -2.75. The van der Waals surface area contributed by atoms with E-state index in [1.54, 1.807) is 19.1 Å². The van der Waals surface area contributed by atoms with E-state index >= 15 is 0 Å². The molecule has 2 aromatic rings. The molecule has 0 spiro atoms. The number of aryl methyl sites for hydroxylation is 2. The molecule has 1 aliphatic heterocycles. The second-order valence-corrected chi connectivity index (χ2v) is 10.8. The van der Waals surface area contributed by atoms with Crippen molar-refractivity contribution in [1.82, 2.24) is 19.4 Å². The van der Waals surface area contributed by atoms with E-state index in [0.717, 1.165) is 29.7 Å². The van der Waals surface area contributed by atoms with Crippen molar-refractivity contribution in [1.29, 1.82) is 0 Å². The fourth-order valence-corrected chi connectivity index (χ4v) is 5.56. The number of carbonyl (C=O) groups excluding carboxylic acids is 2. The van der Waals surface area contributed by atoms with Crippen molar-refractivity contribution in [3.05, 3.63) is 58.1 Å². The van der Waals surface area contributed by atoms with Gasteiger partial charge in [-0.15, -0.1) is 0 Å². The van der Waals surface area contributed by atoms with Crippen LogP contribution in [0.25, 0.3) is 0 Å². The lowest BCUT2D eigenvalue weighted by molar-refractivity contribution is -0.133. The summed E-state index contributed by atoms with van der Waals surface area (Å²) in [7, 11) is 5.80. The molecule has 1 heterocycles. The molecule has 0 aromatic heterocycles. The molecule has 1 N–H and O–H groups in total. The number of nitrogens with zero attached hydrogens (tertiary/aromatic N) is 3. The van der Waals surface area contributed by atoms with Gasteiger partial charge in [-0.2, -0.15) is 0 Å². The first-order valence-corrected chi connectivity index (χ1v) is 12.8. The molecule has 3 rings (SSSR count). The van der Waals surface area contributed by atoms with Crippen LogP contribution in [-0.4, -0.2) is 78.0 Å². The van der Waals surface area contributed by atoms with Crippen molar-refractivity contribution in [3.8, 4) is 5.75 Å². The molecule has 0 fully saturated rings. The normalized spacial score (nSPS) is 14.1. The molecule has 0 aliphatic carbocycles. The lowest BCUT2D eigenvalue weighted by atomic mass is 9.97. The highest BCUT2D eigenvalue weighted by Gasteiger charge is 2.23. The third kappa shape index (κ3) is 6.90. The summed E-state index contributed by atoms with van der Waals surface area (Å²) in [6.45, 7) is 5.65. The molecule has 1 aliphatic rings. The van der Waals surface area contributed by atoms with Crippen LogP contribution in [0.4, 0.5) is 0 Å². The zero-order valence-electron chi connectivity index (χ0n) is 21.5. The van der Waals surface area contributed by atoms with E-state index in [1.165, 1.54) is 15.4 Å². The van der Waals surface area contributed by atoms with Gasteiger partial charge in [-0.05, 0) is 74.3 Å². The SMILES string of the molecule is COc1cc(C)c(S(=O)N(C)CC(=O)NCC(=O)N2CCc3cc(CN(C)C)ccc3C2)c(C)c1. The largest absolute Gasteiger partial charge is 0.497 e. The summed E-state index contributed by atoms with van der Waals surface area (Å²) in [6.07, 6.45) is 0.804. The number of rotatable bonds is 9. The van der Waals surface area contributed by atoms with E-state index < -0.39 is 11.0 Å². The highest BCUT2D eigenvalue weighted by molar-refractivity contribution is 7.82. The van der Waals surface area contributed by atoms with Crippen molar-refractivity contribution in [2.24, 2.45) is 0 Å². The zero-order chi connectivity index (χ0) is 25.7. The van der Waals surface area contributed by atoms with Crippen LogP contribution in [0.2, 0.25) is 0 Å². The lowest BCUT2D eigenvalue weighted by Crippen LogP contribution is -2.44. The summed E-state index contributed by atoms with van der Waals surface area (Å²) in [5.41, 5.74) is 5.37. The Bertz CT molecular complexity index is 1100. The average Bonchev–Trinajstić information content (AvgIpc) is 2.81. The Balaban J connectivity index is 1.52. The minimum Gasteiger partial charge on any atom is -0.497 e. The predicted octanol–water partition coefficient (Wildman–Crippen LogP) is 2.03. The molecule has 0 bridgehead atoms. The number of nitrogens with one attached hydrogen (secondary N) is 1. The summed E-state index contributed by atoms with van der Waals surface area (Å²) in [4.78, 5) is 29.8. The molecular weight excluding hydrogens is 464 g/mol. The average molecular weight is 501 g/mol. The molecule has 1 unspecified atom stereocenters. The van der Waals surface area contributed by atoms with Gasteiger partial charge in [-0.1, -0.05) is 18.2 Å². The van der Waals surface area contributed by atoms with Crippen LogP contribution in [0.1, 0.15) is 27.8 Å². The van der Waals surface area contributed by atoms with Gasteiger partial charge in [0.25, 0.3) is 0 Å². The van der Waals surface area contributed by atoms with Crippen LogP contribution in [0.15, 0.2) is 35.2 Å². The first-order valence-electron chi connectivity index (χ1n) is 11.7. The van der Waals surface area contributed by atoms with Crippen molar-refractivity contribution in [3.63, 3.8) is 0 Å². The van der Waals surface area contributed by atoms with Gasteiger partial charge in [0.05, 0.1) is 25.1 Å². The second-order valence-electron chi connectivity index (χ2n) is 9.31. The molecular formula is C26H36N4O4S. The molecule has 2 amide bonds. The van der Waals surface area contributed by atoms with Crippen LogP contribution >= 0.6 is 0 Å². The molecule has 1 atom stereocenters. The fraction of sp³-hybridized carbons (Fsp3) is 0.462. The van der Waals surface area contributed by atoms with E-state index in [-0.39, 0.29) is 24.9 Å². The van der Waals surface area contributed by atoms with Crippen LogP contribution in [-0.2, 0) is 40.1 Å². The van der Waals surface area contributed by atoms with E-state index in [1.807, 2.05) is 40.1 Å². The van der Waals surface area contributed by atoms with Gasteiger partial charge >= 0.3 is 0 Å². The number of carbonyl (C=O) groups is 2. The first kappa shape index (κ1) is 26.8. The highest BCUT2D eigenvalue weighted by Crippen LogP contribution is 2.25. The maximum absolute atomic E-state index is 13.0. The number of methoxy groups -OCH3 is 1. The number of likely N-dealkylation sites (N-methyl/N-ethyl adjacent to an activating group) is 1. The van der Waals surface area contributed by atoms with Crippen LogP contribution in [0.3, 0.4) is 0 Å². The van der Waals surface area contributed by atoms with Crippen molar-refractivity contribution < 1.29 is 18.5 Å². The third-order valence-corrected chi connectivity index (χ3v) is 7.75. The van der Waals surface area contributed by atoms with Gasteiger partial charge in [-0.3, -0.25) is 9.59 Å². The van der Waals surface area contributed by atoms with Gasteiger partial charge in [0.1, 0.15) is 16.7 Å². The van der Waals surface area contributed by atoms with Crippen molar-refractivity contribution in [2.75, 3.05) is 47.9 Å². The number of fused-ring (bicyclic) bond motifs is 1. The monoisotopic (exact) mass is 500 g/mol. The Morgan fingerprint density at radius 1 is 1.09 bits per heavy atom. The maximum atomic E-state index is 13.0. The van der Waals surface area contributed by atoms with Crippen molar-refractivity contribution in [2.45, 2.75) is 38.3 Å². The summed E-state index contributed by atoms with van der Waals surface area (Å²) in [6, 6.07) is 10.1.